The molecule has 0 unspecified atom stereocenters. The van der Waals surface area contributed by atoms with Crippen molar-refractivity contribution in [1.29, 1.82) is 0 Å². The number of rotatable bonds is 5. The van der Waals surface area contributed by atoms with Crippen molar-refractivity contribution in [3.63, 3.8) is 0 Å². The van der Waals surface area contributed by atoms with Crippen molar-refractivity contribution in [3.8, 4) is 5.75 Å². The zero-order valence-electron chi connectivity index (χ0n) is 10.7. The van der Waals surface area contributed by atoms with Crippen LogP contribution in [0.2, 0.25) is 0 Å². The van der Waals surface area contributed by atoms with Gasteiger partial charge >= 0.3 is 12.3 Å². The molecule has 0 aliphatic heterocycles. The van der Waals surface area contributed by atoms with Crippen molar-refractivity contribution in [2.75, 3.05) is 6.61 Å². The molecule has 106 valence electrons. The Morgan fingerprint density at radius 1 is 1.26 bits per heavy atom. The molecule has 19 heavy (non-hydrogen) atoms. The van der Waals surface area contributed by atoms with E-state index < -0.39 is 6.36 Å². The maximum atomic E-state index is 12.1. The number of carbonyl (C=O) groups is 1. The molecule has 0 radical (unpaired) electrons. The summed E-state index contributed by atoms with van der Waals surface area (Å²) in [5.41, 5.74) is 1.24. The molecule has 0 aromatic heterocycles. The van der Waals surface area contributed by atoms with Crippen LogP contribution >= 0.6 is 0 Å². The third kappa shape index (κ3) is 6.13. The van der Waals surface area contributed by atoms with Crippen molar-refractivity contribution in [2.45, 2.75) is 33.1 Å². The maximum Gasteiger partial charge on any atom is 0.573 e. The minimum atomic E-state index is -4.72. The number of halogens is 3. The second kappa shape index (κ2) is 6.45. The lowest BCUT2D eigenvalue weighted by molar-refractivity contribution is -0.274. The van der Waals surface area contributed by atoms with Gasteiger partial charge in [0, 0.05) is 6.42 Å². The van der Waals surface area contributed by atoms with Crippen LogP contribution in [0.15, 0.2) is 18.2 Å². The van der Waals surface area contributed by atoms with E-state index in [0.29, 0.717) is 17.5 Å². The van der Waals surface area contributed by atoms with Gasteiger partial charge in [0.15, 0.2) is 0 Å². The van der Waals surface area contributed by atoms with E-state index in [2.05, 4.69) is 4.74 Å². The van der Waals surface area contributed by atoms with Gasteiger partial charge in [0.05, 0.1) is 6.61 Å². The van der Waals surface area contributed by atoms with Crippen molar-refractivity contribution in [1.82, 2.24) is 0 Å². The summed E-state index contributed by atoms with van der Waals surface area (Å²) in [6, 6.07) is 4.28. The molecule has 0 atom stereocenters. The fourth-order valence-electron chi connectivity index (χ4n) is 1.64. The normalized spacial score (nSPS) is 11.2. The quantitative estimate of drug-likeness (QED) is 0.773. The Morgan fingerprint density at radius 2 is 1.95 bits per heavy atom. The van der Waals surface area contributed by atoms with Gasteiger partial charge in [-0.25, -0.2) is 0 Å². The first-order chi connectivity index (χ1) is 8.80. The number of hydrogen-bond acceptors (Lipinski definition) is 3. The Balaban J connectivity index is 2.71. The lowest BCUT2D eigenvalue weighted by Gasteiger charge is -2.11. The Bertz CT molecular complexity index is 441. The van der Waals surface area contributed by atoms with E-state index in [1.54, 1.807) is 19.9 Å². The summed E-state index contributed by atoms with van der Waals surface area (Å²) < 4.78 is 45.0. The molecule has 0 heterocycles. The highest BCUT2D eigenvalue weighted by Gasteiger charge is 2.31. The van der Waals surface area contributed by atoms with Crippen LogP contribution in [0.25, 0.3) is 0 Å². The summed E-state index contributed by atoms with van der Waals surface area (Å²) in [5, 5.41) is 0. The minimum absolute atomic E-state index is 0.128. The SMILES string of the molecule is CCOC(=O)CCc1cc(C)cc(OC(F)(F)F)c1. The molecule has 0 saturated heterocycles. The van der Waals surface area contributed by atoms with E-state index in [1.165, 1.54) is 12.1 Å². The van der Waals surface area contributed by atoms with Crippen LogP contribution in [-0.4, -0.2) is 18.9 Å². The molecule has 6 heteroatoms. The number of esters is 1. The fourth-order valence-corrected chi connectivity index (χ4v) is 1.64. The van der Waals surface area contributed by atoms with Crippen molar-refractivity contribution in [3.05, 3.63) is 29.3 Å². The van der Waals surface area contributed by atoms with E-state index in [-0.39, 0.29) is 24.7 Å². The van der Waals surface area contributed by atoms with E-state index in [1.807, 2.05) is 0 Å². The van der Waals surface area contributed by atoms with Gasteiger partial charge in [0.1, 0.15) is 5.75 Å². The molecule has 0 bridgehead atoms. The fraction of sp³-hybridized carbons (Fsp3) is 0.462. The topological polar surface area (TPSA) is 35.5 Å². The summed E-state index contributed by atoms with van der Waals surface area (Å²) in [7, 11) is 0. The maximum absolute atomic E-state index is 12.1. The van der Waals surface area contributed by atoms with Crippen LogP contribution < -0.4 is 4.74 Å². The number of alkyl halides is 3. The number of carbonyl (C=O) groups excluding carboxylic acids is 1. The minimum Gasteiger partial charge on any atom is -0.466 e. The Morgan fingerprint density at radius 3 is 2.53 bits per heavy atom. The Kier molecular flexibility index (Phi) is 5.20. The van der Waals surface area contributed by atoms with E-state index in [4.69, 9.17) is 4.74 Å². The molecule has 1 rings (SSSR count). The molecule has 0 aliphatic rings. The monoisotopic (exact) mass is 276 g/mol. The lowest BCUT2D eigenvalue weighted by Crippen LogP contribution is -2.17. The molecule has 0 fully saturated rings. The van der Waals surface area contributed by atoms with E-state index in [9.17, 15) is 18.0 Å². The summed E-state index contributed by atoms with van der Waals surface area (Å²) in [5.74, 6) is -0.645. The van der Waals surface area contributed by atoms with Crippen LogP contribution in [-0.2, 0) is 16.0 Å². The van der Waals surface area contributed by atoms with Gasteiger partial charge in [-0.2, -0.15) is 0 Å². The largest absolute Gasteiger partial charge is 0.573 e. The standard InChI is InChI=1S/C13H15F3O3/c1-3-18-12(17)5-4-10-6-9(2)7-11(8-10)19-13(14,15)16/h6-8H,3-5H2,1-2H3. The highest BCUT2D eigenvalue weighted by atomic mass is 19.4. The lowest BCUT2D eigenvalue weighted by atomic mass is 10.1. The van der Waals surface area contributed by atoms with Gasteiger partial charge in [-0.05, 0) is 43.5 Å². The number of hydrogen-bond donors (Lipinski definition) is 0. The third-order valence-corrected chi connectivity index (χ3v) is 2.27. The number of ether oxygens (including phenoxy) is 2. The number of benzene rings is 1. The van der Waals surface area contributed by atoms with Gasteiger partial charge in [-0.1, -0.05) is 6.07 Å². The summed E-state index contributed by atoms with van der Waals surface area (Å²) in [6.07, 6.45) is -4.27. The van der Waals surface area contributed by atoms with Crippen LogP contribution in [0.3, 0.4) is 0 Å². The van der Waals surface area contributed by atoms with Crippen LogP contribution in [0.5, 0.6) is 5.75 Å². The highest BCUT2D eigenvalue weighted by Crippen LogP contribution is 2.25. The zero-order chi connectivity index (χ0) is 14.5. The van der Waals surface area contributed by atoms with E-state index >= 15 is 0 Å². The average molecular weight is 276 g/mol. The molecule has 0 aliphatic carbocycles. The first-order valence-electron chi connectivity index (χ1n) is 5.82. The van der Waals surface area contributed by atoms with Gasteiger partial charge in [-0.15, -0.1) is 13.2 Å². The molecule has 1 aromatic rings. The summed E-state index contributed by atoms with van der Waals surface area (Å²) in [6.45, 7) is 3.64. The molecule has 0 amide bonds. The third-order valence-electron chi connectivity index (χ3n) is 2.27. The van der Waals surface area contributed by atoms with Crippen molar-refractivity contribution >= 4 is 5.97 Å². The molecular formula is C13H15F3O3. The average Bonchev–Trinajstić information content (AvgIpc) is 2.23. The van der Waals surface area contributed by atoms with E-state index in [0.717, 1.165) is 0 Å². The first kappa shape index (κ1) is 15.3. The first-order valence-corrected chi connectivity index (χ1v) is 5.82. The Hall–Kier alpha value is -1.72. The molecule has 0 N–H and O–H groups in total. The van der Waals surface area contributed by atoms with Gasteiger partial charge in [-0.3, -0.25) is 4.79 Å². The Labute approximate surface area is 109 Å². The predicted molar refractivity (Wildman–Crippen MR) is 62.8 cm³/mol. The van der Waals surface area contributed by atoms with Gasteiger partial charge < -0.3 is 9.47 Å². The van der Waals surface area contributed by atoms with Crippen LogP contribution in [0.1, 0.15) is 24.5 Å². The smallest absolute Gasteiger partial charge is 0.466 e. The zero-order valence-corrected chi connectivity index (χ0v) is 10.7. The molecule has 0 spiro atoms. The van der Waals surface area contributed by atoms with Gasteiger partial charge in [0.2, 0.25) is 0 Å². The molecule has 1 aromatic carbocycles. The van der Waals surface area contributed by atoms with Crippen molar-refractivity contribution < 1.29 is 27.4 Å². The molecule has 3 nitrogen and oxygen atoms in total. The van der Waals surface area contributed by atoms with Crippen LogP contribution in [0.4, 0.5) is 13.2 Å². The van der Waals surface area contributed by atoms with Crippen molar-refractivity contribution in [2.24, 2.45) is 0 Å². The van der Waals surface area contributed by atoms with Gasteiger partial charge in [0.25, 0.3) is 0 Å². The molecular weight excluding hydrogens is 261 g/mol. The second-order valence-electron chi connectivity index (χ2n) is 4.01. The second-order valence-corrected chi connectivity index (χ2v) is 4.01. The predicted octanol–water partition coefficient (Wildman–Crippen LogP) is 3.39. The molecule has 0 saturated carbocycles. The highest BCUT2D eigenvalue weighted by molar-refractivity contribution is 5.69. The number of aryl methyl sites for hydroxylation is 2. The summed E-state index contributed by atoms with van der Waals surface area (Å²) in [4.78, 5) is 11.2. The van der Waals surface area contributed by atoms with Crippen LogP contribution in [0, 0.1) is 6.92 Å². The summed E-state index contributed by atoms with van der Waals surface area (Å²) >= 11 is 0.